The molecule has 0 amide bonds. The Morgan fingerprint density at radius 1 is 0.510 bits per heavy atom. The normalized spacial score (nSPS) is 9.71. The SMILES string of the molecule is [CH2][CH][CH]C(=O)OCC.[N]=O.[Ru+].c1ccc(P(c2ccccc2)c2ccccc2)cc1.c1ccc(P(c2ccccc2)c2ccccc2)cc1. The summed E-state index contributed by atoms with van der Waals surface area (Å²) in [6, 6.07) is 64.7. The summed E-state index contributed by atoms with van der Waals surface area (Å²) in [7, 11) is -0.892. The number of nitroso groups, excluding NO2 is 1. The summed E-state index contributed by atoms with van der Waals surface area (Å²) in [5, 5.41) is 8.39. The molecule has 0 bridgehead atoms. The monoisotopic (exact) mass is 769 g/mol. The van der Waals surface area contributed by atoms with Gasteiger partial charge in [-0.15, -0.1) is 4.91 Å². The third kappa shape index (κ3) is 14.1. The minimum Gasteiger partial charge on any atom is -0.466 e. The molecule has 0 heterocycles. The Morgan fingerprint density at radius 3 is 0.878 bits per heavy atom. The summed E-state index contributed by atoms with van der Waals surface area (Å²) in [6.45, 7) is 5.51. The molecule has 6 aromatic carbocycles. The summed E-state index contributed by atoms with van der Waals surface area (Å²) >= 11 is 0. The van der Waals surface area contributed by atoms with Gasteiger partial charge in [0.15, 0.2) is 0 Å². The van der Waals surface area contributed by atoms with Crippen molar-refractivity contribution < 1.29 is 29.0 Å². The van der Waals surface area contributed by atoms with Crippen molar-refractivity contribution in [2.75, 3.05) is 6.61 Å². The van der Waals surface area contributed by atoms with E-state index in [-0.39, 0.29) is 25.4 Å². The van der Waals surface area contributed by atoms with E-state index in [1.807, 2.05) is 0 Å². The topological polar surface area (TPSA) is 65.7 Å². The smallest absolute Gasteiger partial charge is 0.466 e. The van der Waals surface area contributed by atoms with Crippen LogP contribution in [-0.4, -0.2) is 12.6 Å². The molecular weight excluding hydrogens is 729 g/mol. The second-order valence-corrected chi connectivity index (χ2v) is 14.3. The number of hydrogen-bond donors (Lipinski definition) is 0. The van der Waals surface area contributed by atoms with E-state index in [1.165, 1.54) is 44.7 Å². The standard InChI is InChI=1S/2C18H15P.C6H9O2.NO.Ru/c2*1-4-10-16(11-5-1)19(17-12-6-2-7-13-17)18-14-8-3-9-15-18;1-3-5-6(7)8-4-2;1-2;/h2*1-15H;3,5H,1,4H2,2H3;;/q;;;;+1. The van der Waals surface area contributed by atoms with Crippen LogP contribution in [0.4, 0.5) is 0 Å². The van der Waals surface area contributed by atoms with Crippen molar-refractivity contribution >= 4 is 53.6 Å². The van der Waals surface area contributed by atoms with Gasteiger partial charge in [0.1, 0.15) is 5.59 Å². The van der Waals surface area contributed by atoms with Crippen LogP contribution in [0, 0.1) is 24.7 Å². The molecule has 247 valence electrons. The van der Waals surface area contributed by atoms with E-state index in [0.29, 0.717) is 6.61 Å². The molecule has 49 heavy (non-hydrogen) atoms. The summed E-state index contributed by atoms with van der Waals surface area (Å²) in [5.41, 5.74) is 5.75. The predicted molar refractivity (Wildman–Crippen MR) is 206 cm³/mol. The molecule has 0 N–H and O–H groups in total. The molecule has 0 saturated carbocycles. The van der Waals surface area contributed by atoms with Gasteiger partial charge in [0.2, 0.25) is 0 Å². The van der Waals surface area contributed by atoms with Gasteiger partial charge >= 0.3 is 25.4 Å². The van der Waals surface area contributed by atoms with Crippen LogP contribution >= 0.6 is 15.8 Å². The minimum atomic E-state index is -0.446. The van der Waals surface area contributed by atoms with Crippen LogP contribution in [0.2, 0.25) is 0 Å². The summed E-state index contributed by atoms with van der Waals surface area (Å²) < 4.78 is 4.52. The van der Waals surface area contributed by atoms with Crippen LogP contribution < -0.4 is 37.4 Å². The number of carbonyl (C=O) groups excluding carboxylic acids is 1. The quantitative estimate of drug-likeness (QED) is 0.0887. The van der Waals surface area contributed by atoms with Crippen molar-refractivity contribution in [1.29, 1.82) is 0 Å². The van der Waals surface area contributed by atoms with Crippen molar-refractivity contribution in [3.05, 3.63) is 207 Å². The van der Waals surface area contributed by atoms with Gasteiger partial charge in [-0.2, -0.15) is 0 Å². The number of hydrogen-bond acceptors (Lipinski definition) is 3. The molecule has 0 spiro atoms. The zero-order chi connectivity index (χ0) is 34.2. The minimum absolute atomic E-state index is 0. The van der Waals surface area contributed by atoms with Crippen molar-refractivity contribution in [1.82, 2.24) is 5.59 Å². The molecule has 0 atom stereocenters. The van der Waals surface area contributed by atoms with Crippen LogP contribution in [0.5, 0.6) is 0 Å². The Kier molecular flexibility index (Phi) is 20.9. The Balaban J connectivity index is 0.000000265. The van der Waals surface area contributed by atoms with E-state index < -0.39 is 15.8 Å². The van der Waals surface area contributed by atoms with Crippen LogP contribution in [-0.2, 0) is 29.0 Å². The summed E-state index contributed by atoms with van der Waals surface area (Å²) in [6.07, 6.45) is 2.68. The van der Waals surface area contributed by atoms with Gasteiger partial charge in [0, 0.05) is 0 Å². The van der Waals surface area contributed by atoms with Crippen LogP contribution in [0.3, 0.4) is 0 Å². The molecule has 7 heteroatoms. The van der Waals surface area contributed by atoms with Gasteiger partial charge in [-0.3, -0.25) is 4.79 Å². The van der Waals surface area contributed by atoms with Crippen LogP contribution in [0.15, 0.2) is 182 Å². The molecule has 0 aliphatic heterocycles. The number of benzene rings is 6. The average molecular weight is 769 g/mol. The van der Waals surface area contributed by atoms with E-state index in [4.69, 9.17) is 10.5 Å². The van der Waals surface area contributed by atoms with E-state index in [1.54, 1.807) is 6.92 Å². The maximum Gasteiger partial charge on any atom is 1.00 e. The first kappa shape index (κ1) is 41.0. The third-order valence-electron chi connectivity index (χ3n) is 6.63. The number of esters is 1. The first-order valence-electron chi connectivity index (χ1n) is 15.4. The zero-order valence-corrected chi connectivity index (χ0v) is 30.8. The molecule has 0 aliphatic rings. The number of nitrogens with zero attached hydrogens (tertiary/aromatic N) is 1. The average Bonchev–Trinajstić information content (AvgIpc) is 3.16. The molecule has 6 aromatic rings. The van der Waals surface area contributed by atoms with E-state index in [0.717, 1.165) is 0 Å². The second-order valence-electron chi connectivity index (χ2n) is 9.84. The van der Waals surface area contributed by atoms with Crippen molar-refractivity contribution in [2.45, 2.75) is 6.92 Å². The Bertz CT molecular complexity index is 1370. The van der Waals surface area contributed by atoms with Crippen molar-refractivity contribution in [2.24, 2.45) is 0 Å². The molecule has 4 nitrogen and oxygen atoms in total. The second kappa shape index (κ2) is 24.9. The van der Waals surface area contributed by atoms with Gasteiger partial charge in [-0.1, -0.05) is 182 Å². The van der Waals surface area contributed by atoms with E-state index >= 15 is 0 Å². The van der Waals surface area contributed by atoms with E-state index in [2.05, 4.69) is 194 Å². The van der Waals surface area contributed by atoms with Gasteiger partial charge in [-0.25, -0.2) is 0 Å². The van der Waals surface area contributed by atoms with Crippen LogP contribution in [0.25, 0.3) is 0 Å². The maximum absolute atomic E-state index is 10.3. The first-order chi connectivity index (χ1) is 23.7. The van der Waals surface area contributed by atoms with E-state index in [9.17, 15) is 4.79 Å². The fraction of sp³-hybridized carbons (Fsp3) is 0.0476. The molecule has 0 aliphatic carbocycles. The first-order valence-corrected chi connectivity index (χ1v) is 18.1. The Labute approximate surface area is 307 Å². The summed E-state index contributed by atoms with van der Waals surface area (Å²) in [4.78, 5) is 17.5. The predicted octanol–water partition coefficient (Wildman–Crippen LogP) is 7.23. The molecule has 0 fully saturated rings. The summed E-state index contributed by atoms with van der Waals surface area (Å²) in [5.74, 6) is -0.331. The number of rotatable bonds is 9. The Morgan fingerprint density at radius 2 is 0.714 bits per heavy atom. The maximum atomic E-state index is 10.3. The van der Waals surface area contributed by atoms with Crippen LogP contribution in [0.1, 0.15) is 6.92 Å². The molecule has 5 radical (unpaired) electrons. The largest absolute Gasteiger partial charge is 1.00 e. The van der Waals surface area contributed by atoms with Crippen molar-refractivity contribution in [3.8, 4) is 0 Å². The molecule has 6 rings (SSSR count). The van der Waals surface area contributed by atoms with Gasteiger partial charge in [0.25, 0.3) is 0 Å². The zero-order valence-electron chi connectivity index (χ0n) is 27.3. The molecule has 0 aromatic heterocycles. The van der Waals surface area contributed by atoms with Gasteiger partial charge < -0.3 is 4.74 Å². The molecular formula is C42H39NO3P2Ru+. The van der Waals surface area contributed by atoms with Crippen molar-refractivity contribution in [3.63, 3.8) is 0 Å². The number of carbonyl (C=O) groups is 1. The molecule has 0 saturated heterocycles. The Hall–Kier alpha value is -4.13. The number of ether oxygens (including phenoxy) is 1. The van der Waals surface area contributed by atoms with Gasteiger partial charge in [-0.05, 0) is 67.9 Å². The van der Waals surface area contributed by atoms with Gasteiger partial charge in [0.05, 0.1) is 13.0 Å². The fourth-order valence-corrected chi connectivity index (χ4v) is 9.25. The fourth-order valence-electron chi connectivity index (χ4n) is 4.64. The molecule has 0 unspecified atom stereocenters. The third-order valence-corrected chi connectivity index (χ3v) is 11.5.